The normalized spacial score (nSPS) is 12.5. The number of hydrogen-bond donors (Lipinski definition) is 1. The summed E-state index contributed by atoms with van der Waals surface area (Å²) in [7, 11) is 1.69. The van der Waals surface area contributed by atoms with E-state index in [2.05, 4.69) is 18.7 Å². The topological polar surface area (TPSA) is 49.8 Å². The minimum atomic E-state index is -0.876. The molecule has 0 fully saturated rings. The van der Waals surface area contributed by atoms with Gasteiger partial charge in [0.05, 0.1) is 6.61 Å². The Bertz CT molecular complexity index is 247. The zero-order chi connectivity index (χ0) is 13.3. The summed E-state index contributed by atoms with van der Waals surface area (Å²) >= 11 is 0. The van der Waals surface area contributed by atoms with Crippen molar-refractivity contribution in [2.24, 2.45) is 0 Å². The highest BCUT2D eigenvalue weighted by Crippen LogP contribution is 2.10. The molecule has 0 aliphatic carbocycles. The molecule has 4 nitrogen and oxygen atoms in total. The number of ether oxygens (including phenoxy) is 1. The number of hydrogen-bond acceptors (Lipinski definition) is 3. The second kappa shape index (κ2) is 9.19. The maximum Gasteiger partial charge on any atom is 0.328 e. The average Bonchev–Trinajstić information content (AvgIpc) is 2.26. The quantitative estimate of drug-likeness (QED) is 0.630. The van der Waals surface area contributed by atoms with Crippen molar-refractivity contribution < 1.29 is 14.6 Å². The van der Waals surface area contributed by atoms with Crippen LogP contribution < -0.4 is 0 Å². The van der Waals surface area contributed by atoms with Crippen LogP contribution >= 0.6 is 0 Å². The van der Waals surface area contributed by atoms with E-state index < -0.39 is 5.97 Å². The molecular weight excluding hydrogens is 218 g/mol. The molecule has 0 aromatic carbocycles. The number of carboxylic acids is 1. The van der Waals surface area contributed by atoms with Crippen LogP contribution in [-0.2, 0) is 9.53 Å². The van der Waals surface area contributed by atoms with Gasteiger partial charge in [0.25, 0.3) is 0 Å². The lowest BCUT2D eigenvalue weighted by Gasteiger charge is -2.30. The minimum Gasteiger partial charge on any atom is -0.478 e. The number of nitrogens with zero attached hydrogens (tertiary/aromatic N) is 1. The predicted octanol–water partition coefficient (Wildman–Crippen LogP) is 2.15. The third-order valence-electron chi connectivity index (χ3n) is 2.86. The van der Waals surface area contributed by atoms with Crippen LogP contribution in [0.1, 0.15) is 33.6 Å². The summed E-state index contributed by atoms with van der Waals surface area (Å²) in [6, 6.07) is 0.488. The van der Waals surface area contributed by atoms with E-state index >= 15 is 0 Å². The van der Waals surface area contributed by atoms with Gasteiger partial charge in [-0.05, 0) is 19.8 Å². The highest BCUT2D eigenvalue weighted by Gasteiger charge is 2.15. The van der Waals surface area contributed by atoms with Gasteiger partial charge in [0, 0.05) is 32.3 Å². The van der Waals surface area contributed by atoms with E-state index in [9.17, 15) is 4.79 Å². The zero-order valence-electron chi connectivity index (χ0n) is 11.4. The smallest absolute Gasteiger partial charge is 0.328 e. The van der Waals surface area contributed by atoms with Crippen LogP contribution in [0.4, 0.5) is 0 Å². The summed E-state index contributed by atoms with van der Waals surface area (Å²) in [4.78, 5) is 12.9. The standard InChI is InChI=1S/C13H25NO3/c1-5-12(6-2)14(7-8-17-4)10-11(3)9-13(15)16/h9,12H,5-8,10H2,1-4H3,(H,15,16). The first-order chi connectivity index (χ1) is 8.04. The van der Waals surface area contributed by atoms with Crippen LogP contribution in [0, 0.1) is 0 Å². The number of rotatable bonds is 9. The largest absolute Gasteiger partial charge is 0.478 e. The molecule has 1 N–H and O–H groups in total. The maximum absolute atomic E-state index is 10.6. The second-order valence-corrected chi connectivity index (χ2v) is 4.26. The van der Waals surface area contributed by atoms with Crippen molar-refractivity contribution in [2.75, 3.05) is 26.8 Å². The molecule has 100 valence electrons. The van der Waals surface area contributed by atoms with E-state index in [1.165, 1.54) is 6.08 Å². The number of carbonyl (C=O) groups is 1. The van der Waals surface area contributed by atoms with Crippen molar-refractivity contribution in [1.29, 1.82) is 0 Å². The van der Waals surface area contributed by atoms with Gasteiger partial charge < -0.3 is 9.84 Å². The molecule has 0 aromatic rings. The van der Waals surface area contributed by atoms with Gasteiger partial charge in [0.1, 0.15) is 0 Å². The molecule has 0 amide bonds. The van der Waals surface area contributed by atoms with Gasteiger partial charge in [0.2, 0.25) is 0 Å². The summed E-state index contributed by atoms with van der Waals surface area (Å²) in [6.07, 6.45) is 3.42. The third-order valence-corrected chi connectivity index (χ3v) is 2.86. The number of carboxylic acid groups (broad SMARTS) is 1. The summed E-state index contributed by atoms with van der Waals surface area (Å²) in [6.45, 7) is 8.39. The zero-order valence-corrected chi connectivity index (χ0v) is 11.4. The Morgan fingerprint density at radius 1 is 1.41 bits per heavy atom. The Morgan fingerprint density at radius 3 is 2.41 bits per heavy atom. The first kappa shape index (κ1) is 16.1. The molecule has 0 aromatic heterocycles. The Labute approximate surface area is 104 Å². The van der Waals surface area contributed by atoms with E-state index in [1.54, 1.807) is 7.11 Å². The third kappa shape index (κ3) is 7.13. The van der Waals surface area contributed by atoms with Crippen LogP contribution in [0.3, 0.4) is 0 Å². The van der Waals surface area contributed by atoms with Gasteiger partial charge in [-0.3, -0.25) is 4.90 Å². The first-order valence-electron chi connectivity index (χ1n) is 6.18. The van der Waals surface area contributed by atoms with Crippen LogP contribution in [0.25, 0.3) is 0 Å². The van der Waals surface area contributed by atoms with Gasteiger partial charge in [0.15, 0.2) is 0 Å². The number of aliphatic carboxylic acids is 1. The Hall–Kier alpha value is -0.870. The Morgan fingerprint density at radius 2 is 2.00 bits per heavy atom. The number of methoxy groups -OCH3 is 1. The monoisotopic (exact) mass is 243 g/mol. The average molecular weight is 243 g/mol. The molecule has 0 aliphatic heterocycles. The molecule has 0 saturated carbocycles. The molecule has 0 bridgehead atoms. The molecule has 0 unspecified atom stereocenters. The van der Waals surface area contributed by atoms with E-state index in [-0.39, 0.29) is 0 Å². The fourth-order valence-corrected chi connectivity index (χ4v) is 1.98. The van der Waals surface area contributed by atoms with Crippen LogP contribution in [0.15, 0.2) is 11.6 Å². The Kier molecular flexibility index (Phi) is 8.72. The molecule has 0 spiro atoms. The maximum atomic E-state index is 10.6. The van der Waals surface area contributed by atoms with E-state index in [0.29, 0.717) is 19.2 Å². The fraction of sp³-hybridized carbons (Fsp3) is 0.769. The van der Waals surface area contributed by atoms with Crippen molar-refractivity contribution in [3.63, 3.8) is 0 Å². The second-order valence-electron chi connectivity index (χ2n) is 4.26. The van der Waals surface area contributed by atoms with Crippen molar-refractivity contribution >= 4 is 5.97 Å². The van der Waals surface area contributed by atoms with E-state index in [4.69, 9.17) is 9.84 Å². The molecule has 0 rings (SSSR count). The van der Waals surface area contributed by atoms with E-state index in [1.807, 2.05) is 6.92 Å². The van der Waals surface area contributed by atoms with Gasteiger partial charge in [-0.25, -0.2) is 4.79 Å². The van der Waals surface area contributed by atoms with E-state index in [0.717, 1.165) is 25.0 Å². The van der Waals surface area contributed by atoms with Crippen molar-refractivity contribution in [3.8, 4) is 0 Å². The van der Waals surface area contributed by atoms with Gasteiger partial charge in [-0.1, -0.05) is 19.4 Å². The lowest BCUT2D eigenvalue weighted by atomic mass is 10.1. The van der Waals surface area contributed by atoms with Crippen LogP contribution in [0.5, 0.6) is 0 Å². The highest BCUT2D eigenvalue weighted by atomic mass is 16.5. The SMILES string of the molecule is CCC(CC)N(CCOC)CC(C)=CC(=O)O. The van der Waals surface area contributed by atoms with Crippen LogP contribution in [-0.4, -0.2) is 48.8 Å². The summed E-state index contributed by atoms with van der Waals surface area (Å²) < 4.78 is 5.10. The van der Waals surface area contributed by atoms with Gasteiger partial charge in [-0.2, -0.15) is 0 Å². The van der Waals surface area contributed by atoms with Gasteiger partial charge >= 0.3 is 5.97 Å². The van der Waals surface area contributed by atoms with Crippen molar-refractivity contribution in [3.05, 3.63) is 11.6 Å². The van der Waals surface area contributed by atoms with Crippen molar-refractivity contribution in [2.45, 2.75) is 39.7 Å². The Balaban J connectivity index is 4.51. The summed E-state index contributed by atoms with van der Waals surface area (Å²) in [5.74, 6) is -0.876. The molecule has 17 heavy (non-hydrogen) atoms. The molecule has 0 aliphatic rings. The first-order valence-corrected chi connectivity index (χ1v) is 6.18. The molecular formula is C13H25NO3. The van der Waals surface area contributed by atoms with Gasteiger partial charge in [-0.15, -0.1) is 0 Å². The lowest BCUT2D eigenvalue weighted by Crippen LogP contribution is -2.38. The highest BCUT2D eigenvalue weighted by molar-refractivity contribution is 5.80. The van der Waals surface area contributed by atoms with Crippen LogP contribution in [0.2, 0.25) is 0 Å². The lowest BCUT2D eigenvalue weighted by molar-refractivity contribution is -0.131. The predicted molar refractivity (Wildman–Crippen MR) is 69.2 cm³/mol. The fourth-order valence-electron chi connectivity index (χ4n) is 1.98. The molecule has 0 saturated heterocycles. The minimum absolute atomic E-state index is 0.488. The summed E-state index contributed by atoms with van der Waals surface area (Å²) in [5.41, 5.74) is 0.875. The molecule has 0 atom stereocenters. The molecule has 4 heteroatoms. The molecule has 0 heterocycles. The van der Waals surface area contributed by atoms with Crippen molar-refractivity contribution in [1.82, 2.24) is 4.90 Å². The summed E-state index contributed by atoms with van der Waals surface area (Å²) in [5, 5.41) is 8.71. The molecule has 0 radical (unpaired) electrons.